The maximum atomic E-state index is 12.7. The Labute approximate surface area is 147 Å². The van der Waals surface area contributed by atoms with Crippen molar-refractivity contribution in [3.05, 3.63) is 39.8 Å². The largest absolute Gasteiger partial charge is 0.548 e. The summed E-state index contributed by atoms with van der Waals surface area (Å²) in [6, 6.07) is 5.36. The van der Waals surface area contributed by atoms with Gasteiger partial charge in [-0.1, -0.05) is 6.07 Å². The molecular weight excluding hydrogens is 344 g/mol. The number of ether oxygens (including phenoxy) is 2. The number of hydrogen-bond donors (Lipinski definition) is 0. The van der Waals surface area contributed by atoms with Crippen molar-refractivity contribution in [2.24, 2.45) is 0 Å². The summed E-state index contributed by atoms with van der Waals surface area (Å²) < 4.78 is 11.6. The Morgan fingerprint density at radius 3 is 2.64 bits per heavy atom. The van der Waals surface area contributed by atoms with E-state index in [1.165, 1.54) is 24.8 Å². The van der Waals surface area contributed by atoms with Crippen molar-refractivity contribution < 1.29 is 19.4 Å². The molecule has 3 rings (SSSR count). The van der Waals surface area contributed by atoms with Gasteiger partial charge in [0, 0.05) is 10.4 Å². The smallest absolute Gasteiger partial charge is 0.263 e. The zero-order valence-corrected chi connectivity index (χ0v) is 14.7. The molecule has 0 N–H and O–H groups in total. The molecule has 0 amide bonds. The van der Waals surface area contributed by atoms with Crippen molar-refractivity contribution >= 4 is 27.5 Å². The van der Waals surface area contributed by atoms with Gasteiger partial charge in [0.2, 0.25) is 0 Å². The van der Waals surface area contributed by atoms with E-state index >= 15 is 0 Å². The monoisotopic (exact) mass is 359 g/mol. The van der Waals surface area contributed by atoms with Gasteiger partial charge in [0.05, 0.1) is 38.4 Å². The molecule has 0 spiro atoms. The number of aliphatic carboxylic acids is 1. The van der Waals surface area contributed by atoms with E-state index < -0.39 is 18.1 Å². The molecule has 0 fully saturated rings. The van der Waals surface area contributed by atoms with Crippen LogP contribution in [0.3, 0.4) is 0 Å². The number of fused-ring (bicyclic) bond motifs is 1. The fourth-order valence-electron chi connectivity index (χ4n) is 2.73. The van der Waals surface area contributed by atoms with Crippen LogP contribution in [0.1, 0.15) is 4.88 Å². The van der Waals surface area contributed by atoms with Gasteiger partial charge in [0.25, 0.3) is 5.56 Å². The van der Waals surface area contributed by atoms with Gasteiger partial charge in [-0.25, -0.2) is 4.98 Å². The van der Waals surface area contributed by atoms with E-state index in [2.05, 4.69) is 4.98 Å². The number of carbonyl (C=O) groups excluding carboxylic acids is 1. The van der Waals surface area contributed by atoms with Crippen LogP contribution in [0.4, 0.5) is 0 Å². The summed E-state index contributed by atoms with van der Waals surface area (Å²) in [7, 11) is 3.08. The molecule has 130 valence electrons. The third-order valence-electron chi connectivity index (χ3n) is 3.83. The number of nitrogens with zero attached hydrogens (tertiary/aromatic N) is 2. The zero-order valence-electron chi connectivity index (χ0n) is 13.9. The van der Waals surface area contributed by atoms with Crippen molar-refractivity contribution in [1.82, 2.24) is 9.55 Å². The van der Waals surface area contributed by atoms with Crippen LogP contribution in [-0.4, -0.2) is 29.7 Å². The Morgan fingerprint density at radius 1 is 1.28 bits per heavy atom. The van der Waals surface area contributed by atoms with Crippen LogP contribution in [0.5, 0.6) is 11.5 Å². The number of thiophene rings is 1. The molecule has 0 bridgehead atoms. The lowest BCUT2D eigenvalue weighted by atomic mass is 10.0. The Kier molecular flexibility index (Phi) is 4.45. The minimum Gasteiger partial charge on any atom is -0.548 e. The summed E-state index contributed by atoms with van der Waals surface area (Å²) in [5.74, 6) is -0.225. The van der Waals surface area contributed by atoms with E-state index in [0.717, 1.165) is 15.0 Å². The Bertz CT molecular complexity index is 1020. The third kappa shape index (κ3) is 2.96. The second-order valence-electron chi connectivity index (χ2n) is 5.33. The maximum absolute atomic E-state index is 12.7. The molecule has 3 aromatic rings. The van der Waals surface area contributed by atoms with E-state index in [9.17, 15) is 14.7 Å². The molecule has 1 aromatic carbocycles. The van der Waals surface area contributed by atoms with Gasteiger partial charge in [-0.3, -0.25) is 9.36 Å². The molecule has 2 aromatic heterocycles. The number of carboxylic acid groups (broad SMARTS) is 1. The van der Waals surface area contributed by atoms with E-state index in [-0.39, 0.29) is 0 Å². The van der Waals surface area contributed by atoms with Gasteiger partial charge in [0.15, 0.2) is 11.5 Å². The highest BCUT2D eigenvalue weighted by Gasteiger charge is 2.18. The van der Waals surface area contributed by atoms with Crippen LogP contribution in [0.25, 0.3) is 21.3 Å². The van der Waals surface area contributed by atoms with Crippen molar-refractivity contribution in [1.29, 1.82) is 0 Å². The van der Waals surface area contributed by atoms with Crippen LogP contribution in [-0.2, 0) is 11.3 Å². The first-order valence-corrected chi connectivity index (χ1v) is 8.18. The molecule has 0 aliphatic heterocycles. The molecule has 0 atom stereocenters. The van der Waals surface area contributed by atoms with Gasteiger partial charge in [-0.2, -0.15) is 0 Å². The highest BCUT2D eigenvalue weighted by Crippen LogP contribution is 2.39. The Balaban J connectivity index is 2.27. The normalized spacial score (nSPS) is 10.8. The molecule has 7 nitrogen and oxygen atoms in total. The predicted molar refractivity (Wildman–Crippen MR) is 92.2 cm³/mol. The first-order chi connectivity index (χ1) is 12.0. The lowest BCUT2D eigenvalue weighted by Crippen LogP contribution is -2.32. The number of benzene rings is 1. The van der Waals surface area contributed by atoms with Crippen LogP contribution in [0, 0.1) is 6.92 Å². The van der Waals surface area contributed by atoms with Gasteiger partial charge in [0.1, 0.15) is 4.83 Å². The minimum absolute atomic E-state index is 0.387. The number of aryl methyl sites for hydroxylation is 1. The summed E-state index contributed by atoms with van der Waals surface area (Å²) in [5.41, 5.74) is 1.07. The Morgan fingerprint density at radius 2 is 2.00 bits per heavy atom. The van der Waals surface area contributed by atoms with Gasteiger partial charge in [-0.15, -0.1) is 11.3 Å². The standard InChI is InChI=1S/C17H16N2O5S/c1-9-14(10-4-5-11(23-2)12(6-10)24-3)15-16(25-9)18-8-19(17(15)22)7-13(20)21/h4-6,8H,7H2,1-3H3,(H,20,21)/p-1. The van der Waals surface area contributed by atoms with Crippen LogP contribution < -0.4 is 20.1 Å². The number of aromatic nitrogens is 2. The van der Waals surface area contributed by atoms with Crippen molar-refractivity contribution in [3.63, 3.8) is 0 Å². The van der Waals surface area contributed by atoms with E-state index in [4.69, 9.17) is 9.47 Å². The summed E-state index contributed by atoms with van der Waals surface area (Å²) in [5, 5.41) is 11.2. The number of carboxylic acids is 1. The number of methoxy groups -OCH3 is 2. The molecule has 0 saturated carbocycles. The van der Waals surface area contributed by atoms with Crippen LogP contribution >= 0.6 is 11.3 Å². The molecular formula is C17H15N2O5S-. The molecule has 0 radical (unpaired) electrons. The quantitative estimate of drug-likeness (QED) is 0.679. The van der Waals surface area contributed by atoms with Crippen LogP contribution in [0.15, 0.2) is 29.3 Å². The number of carbonyl (C=O) groups is 1. The molecule has 0 aliphatic carbocycles. The van der Waals surface area contributed by atoms with E-state index in [1.54, 1.807) is 19.2 Å². The average Bonchev–Trinajstić information content (AvgIpc) is 2.93. The highest BCUT2D eigenvalue weighted by molar-refractivity contribution is 7.19. The highest BCUT2D eigenvalue weighted by atomic mass is 32.1. The molecule has 2 heterocycles. The SMILES string of the molecule is COc1ccc(-c2c(C)sc3ncn(CC(=O)[O-])c(=O)c23)cc1OC. The van der Waals surface area contributed by atoms with E-state index in [1.807, 2.05) is 13.0 Å². The molecule has 8 heteroatoms. The van der Waals surface area contributed by atoms with Gasteiger partial charge < -0.3 is 19.4 Å². The molecule has 0 aliphatic rings. The lowest BCUT2D eigenvalue weighted by Gasteiger charge is -2.10. The summed E-state index contributed by atoms with van der Waals surface area (Å²) in [6.07, 6.45) is 1.23. The topological polar surface area (TPSA) is 93.5 Å². The molecule has 0 unspecified atom stereocenters. The minimum atomic E-state index is -1.34. The van der Waals surface area contributed by atoms with Gasteiger partial charge in [-0.05, 0) is 24.6 Å². The van der Waals surface area contributed by atoms with E-state index in [0.29, 0.717) is 27.3 Å². The zero-order chi connectivity index (χ0) is 18.1. The second-order valence-corrected chi connectivity index (χ2v) is 6.54. The van der Waals surface area contributed by atoms with Crippen LogP contribution in [0.2, 0.25) is 0 Å². The third-order valence-corrected chi connectivity index (χ3v) is 4.84. The first-order valence-electron chi connectivity index (χ1n) is 7.37. The number of hydrogen-bond acceptors (Lipinski definition) is 7. The Hall–Kier alpha value is -2.87. The predicted octanol–water partition coefficient (Wildman–Crippen LogP) is 1.20. The summed E-state index contributed by atoms with van der Waals surface area (Å²) in [4.78, 5) is 29.2. The lowest BCUT2D eigenvalue weighted by molar-refractivity contribution is -0.306. The number of rotatable bonds is 5. The molecule has 0 saturated heterocycles. The summed E-state index contributed by atoms with van der Waals surface area (Å²) >= 11 is 1.38. The maximum Gasteiger partial charge on any atom is 0.263 e. The fraction of sp³-hybridized carbons (Fsp3) is 0.235. The van der Waals surface area contributed by atoms with Crippen molar-refractivity contribution in [2.45, 2.75) is 13.5 Å². The van der Waals surface area contributed by atoms with Crippen molar-refractivity contribution in [2.75, 3.05) is 14.2 Å². The van der Waals surface area contributed by atoms with Crippen molar-refractivity contribution in [3.8, 4) is 22.6 Å². The summed E-state index contributed by atoms with van der Waals surface area (Å²) in [6.45, 7) is 1.35. The molecule has 25 heavy (non-hydrogen) atoms. The van der Waals surface area contributed by atoms with Gasteiger partial charge >= 0.3 is 0 Å². The fourth-order valence-corrected chi connectivity index (χ4v) is 3.73. The first kappa shape index (κ1) is 17.0. The average molecular weight is 359 g/mol. The second kappa shape index (κ2) is 6.56.